The average Bonchev–Trinajstić information content (AvgIpc) is 2.74. The maximum Gasteiger partial charge on any atom is 0.181 e. The Hall–Kier alpha value is -1.73. The number of pyridine rings is 1. The Morgan fingerprint density at radius 3 is 2.75 bits per heavy atom. The number of imidazole rings is 1. The van der Waals surface area contributed by atoms with Crippen molar-refractivity contribution in [2.24, 2.45) is 0 Å². The van der Waals surface area contributed by atoms with Gasteiger partial charge in [-0.2, -0.15) is 0 Å². The van der Waals surface area contributed by atoms with Crippen molar-refractivity contribution in [2.45, 2.75) is 0 Å². The topological polar surface area (TPSA) is 29.4 Å². The summed E-state index contributed by atoms with van der Waals surface area (Å²) in [5.41, 5.74) is 0.774. The molecule has 2 aromatic heterocycles. The van der Waals surface area contributed by atoms with Crippen molar-refractivity contribution in [2.75, 3.05) is 0 Å². The van der Waals surface area contributed by atoms with Crippen LogP contribution in [0.5, 0.6) is 11.5 Å². The van der Waals surface area contributed by atoms with Gasteiger partial charge < -0.3 is 9.72 Å². The monoisotopic (exact) mass is 356 g/mol. The van der Waals surface area contributed by atoms with Crippen molar-refractivity contribution in [1.82, 2.24) is 9.38 Å². The molecule has 20 heavy (non-hydrogen) atoms. The zero-order valence-corrected chi connectivity index (χ0v) is 12.3. The molecule has 3 nitrogen and oxygen atoms in total. The molecule has 1 N–H and O–H groups in total. The number of nitrogens with zero attached hydrogens (tertiary/aromatic N) is 1. The largest absolute Gasteiger partial charge is 0.453 e. The van der Waals surface area contributed by atoms with Gasteiger partial charge in [0.15, 0.2) is 16.3 Å². The third-order valence-electron chi connectivity index (χ3n) is 2.71. The lowest BCUT2D eigenvalue weighted by Gasteiger charge is -2.09. The molecular weight excluding hydrogens is 350 g/mol. The van der Waals surface area contributed by atoms with Crippen molar-refractivity contribution < 1.29 is 13.5 Å². The van der Waals surface area contributed by atoms with Crippen LogP contribution in [-0.2, 0) is 0 Å². The highest BCUT2D eigenvalue weighted by atomic mass is 79.9. The van der Waals surface area contributed by atoms with Gasteiger partial charge in [0.05, 0.1) is 9.99 Å². The number of halogens is 3. The average molecular weight is 357 g/mol. The van der Waals surface area contributed by atoms with Gasteiger partial charge in [-0.1, -0.05) is 0 Å². The predicted octanol–water partition coefficient (Wildman–Crippen LogP) is 4.83. The van der Waals surface area contributed by atoms with Crippen LogP contribution >= 0.6 is 28.1 Å². The molecule has 3 aromatic rings. The molecule has 2 heterocycles. The van der Waals surface area contributed by atoms with Crippen LogP contribution in [0.2, 0.25) is 0 Å². The first-order chi connectivity index (χ1) is 9.54. The Balaban J connectivity index is 2.06. The van der Waals surface area contributed by atoms with Gasteiger partial charge in [-0.25, -0.2) is 8.78 Å². The molecule has 0 bridgehead atoms. The van der Waals surface area contributed by atoms with Crippen LogP contribution < -0.4 is 4.74 Å². The van der Waals surface area contributed by atoms with Crippen LogP contribution in [0.3, 0.4) is 0 Å². The molecule has 0 radical (unpaired) electrons. The molecule has 0 aliphatic rings. The Bertz CT molecular complexity index is 859. The van der Waals surface area contributed by atoms with Gasteiger partial charge in [-0.05, 0) is 40.3 Å². The summed E-state index contributed by atoms with van der Waals surface area (Å²) in [5.74, 6) is -1.06. The molecule has 0 saturated carbocycles. The van der Waals surface area contributed by atoms with Crippen LogP contribution in [0.1, 0.15) is 0 Å². The molecule has 3 rings (SSSR count). The van der Waals surface area contributed by atoms with E-state index in [2.05, 4.69) is 20.9 Å². The van der Waals surface area contributed by atoms with E-state index >= 15 is 0 Å². The molecule has 0 spiro atoms. The third kappa shape index (κ3) is 2.34. The van der Waals surface area contributed by atoms with Crippen molar-refractivity contribution >= 4 is 33.7 Å². The van der Waals surface area contributed by atoms with Crippen LogP contribution in [-0.4, -0.2) is 9.38 Å². The molecule has 0 fully saturated rings. The van der Waals surface area contributed by atoms with Gasteiger partial charge in [-0.3, -0.25) is 4.40 Å². The van der Waals surface area contributed by atoms with Crippen LogP contribution in [0.15, 0.2) is 41.1 Å². The fourth-order valence-corrected chi connectivity index (χ4v) is 2.39. The molecular formula is C13H7BrF2N2OS. The summed E-state index contributed by atoms with van der Waals surface area (Å²) < 4.78 is 34.8. The second kappa shape index (κ2) is 4.99. The number of aromatic amines is 1. The van der Waals surface area contributed by atoms with E-state index in [0.29, 0.717) is 15.0 Å². The van der Waals surface area contributed by atoms with Gasteiger partial charge in [0.1, 0.15) is 11.6 Å². The lowest BCUT2D eigenvalue weighted by atomic mass is 10.3. The molecule has 102 valence electrons. The van der Waals surface area contributed by atoms with E-state index in [4.69, 9.17) is 17.0 Å². The maximum absolute atomic E-state index is 13.6. The number of hydrogen-bond acceptors (Lipinski definition) is 2. The van der Waals surface area contributed by atoms with E-state index < -0.39 is 11.6 Å². The van der Waals surface area contributed by atoms with Crippen LogP contribution in [0.4, 0.5) is 8.78 Å². The third-order valence-corrected chi connectivity index (χ3v) is 3.62. The first-order valence-corrected chi connectivity index (χ1v) is 6.77. The maximum atomic E-state index is 13.6. The molecule has 0 aliphatic carbocycles. The number of benzene rings is 1. The number of nitrogens with one attached hydrogen (secondary N) is 1. The number of ether oxygens (including phenoxy) is 1. The fourth-order valence-electron chi connectivity index (χ4n) is 1.77. The summed E-state index contributed by atoms with van der Waals surface area (Å²) in [5, 5.41) is 0. The Morgan fingerprint density at radius 2 is 2.00 bits per heavy atom. The molecule has 0 unspecified atom stereocenters. The number of hydrogen-bond donors (Lipinski definition) is 1. The van der Waals surface area contributed by atoms with E-state index in [1.165, 1.54) is 6.07 Å². The van der Waals surface area contributed by atoms with Crippen LogP contribution in [0, 0.1) is 16.4 Å². The molecule has 7 heteroatoms. The first kappa shape index (κ1) is 13.3. The van der Waals surface area contributed by atoms with E-state index in [-0.39, 0.29) is 5.75 Å². The summed E-state index contributed by atoms with van der Waals surface area (Å²) in [6, 6.07) is 4.84. The van der Waals surface area contributed by atoms with Crippen molar-refractivity contribution in [3.63, 3.8) is 0 Å². The Kier molecular flexibility index (Phi) is 3.31. The normalized spacial score (nSPS) is 10.9. The number of rotatable bonds is 2. The lowest BCUT2D eigenvalue weighted by Crippen LogP contribution is -1.92. The predicted molar refractivity (Wildman–Crippen MR) is 76.7 cm³/mol. The highest BCUT2D eigenvalue weighted by molar-refractivity contribution is 9.10. The standard InChI is InChI=1S/C13H7BrF2N2OS/c14-9-6-18-8(5-17-13(18)20)4-12(9)19-11-2-1-7(15)3-10(11)16/h1-6H,(H,17,20). The minimum Gasteiger partial charge on any atom is -0.453 e. The zero-order chi connectivity index (χ0) is 14.3. The van der Waals surface area contributed by atoms with E-state index in [0.717, 1.165) is 17.6 Å². The highest BCUT2D eigenvalue weighted by Gasteiger charge is 2.10. The van der Waals surface area contributed by atoms with Gasteiger partial charge in [-0.15, -0.1) is 0 Å². The summed E-state index contributed by atoms with van der Waals surface area (Å²) in [6.07, 6.45) is 3.42. The zero-order valence-electron chi connectivity index (χ0n) is 9.86. The molecule has 0 atom stereocenters. The summed E-state index contributed by atoms with van der Waals surface area (Å²) in [7, 11) is 0. The fraction of sp³-hybridized carbons (Fsp3) is 0. The van der Waals surface area contributed by atoms with E-state index in [1.807, 2.05) is 0 Å². The van der Waals surface area contributed by atoms with E-state index in [9.17, 15) is 8.78 Å². The molecule has 1 aromatic carbocycles. The SMILES string of the molecule is Fc1ccc(Oc2cc3c[nH]c(=S)n3cc2Br)c(F)c1. The van der Waals surface area contributed by atoms with Gasteiger partial charge in [0.25, 0.3) is 0 Å². The van der Waals surface area contributed by atoms with Crippen molar-refractivity contribution in [3.8, 4) is 11.5 Å². The summed E-state index contributed by atoms with van der Waals surface area (Å²) >= 11 is 8.43. The van der Waals surface area contributed by atoms with Gasteiger partial charge in [0, 0.05) is 24.5 Å². The second-order valence-corrected chi connectivity index (χ2v) is 5.29. The minimum atomic E-state index is -0.761. The smallest absolute Gasteiger partial charge is 0.181 e. The number of fused-ring (bicyclic) bond motifs is 1. The van der Waals surface area contributed by atoms with Crippen molar-refractivity contribution in [1.29, 1.82) is 0 Å². The Morgan fingerprint density at radius 1 is 1.20 bits per heavy atom. The van der Waals surface area contributed by atoms with Gasteiger partial charge in [0.2, 0.25) is 0 Å². The Labute approximate surface area is 125 Å². The second-order valence-electron chi connectivity index (χ2n) is 4.05. The highest BCUT2D eigenvalue weighted by Crippen LogP contribution is 2.32. The molecule has 0 saturated heterocycles. The molecule has 0 aliphatic heterocycles. The summed E-state index contributed by atoms with van der Waals surface area (Å²) in [6.45, 7) is 0. The minimum absolute atomic E-state index is 0.0504. The van der Waals surface area contributed by atoms with Crippen molar-refractivity contribution in [3.05, 3.63) is 57.5 Å². The summed E-state index contributed by atoms with van der Waals surface area (Å²) in [4.78, 5) is 2.89. The van der Waals surface area contributed by atoms with Crippen LogP contribution in [0.25, 0.3) is 5.52 Å². The number of H-pyrrole nitrogens is 1. The van der Waals surface area contributed by atoms with Gasteiger partial charge >= 0.3 is 0 Å². The quantitative estimate of drug-likeness (QED) is 0.666. The number of aromatic nitrogens is 2. The van der Waals surface area contributed by atoms with E-state index in [1.54, 1.807) is 22.9 Å². The lowest BCUT2D eigenvalue weighted by molar-refractivity contribution is 0.435. The molecule has 0 amide bonds. The first-order valence-electron chi connectivity index (χ1n) is 5.57.